The minimum absolute atomic E-state index is 0.795. The number of rotatable bonds is 10. The molecule has 0 amide bonds. The topological polar surface area (TPSA) is 33.7 Å². The van der Waals surface area contributed by atoms with Gasteiger partial charge in [-0.1, -0.05) is 5.57 Å². The second kappa shape index (κ2) is 9.50. The fraction of sp³-hybridized carbons (Fsp3) is 0.857. The van der Waals surface area contributed by atoms with Crippen LogP contribution in [0.1, 0.15) is 20.8 Å². The molecule has 1 heterocycles. The molecule has 1 N–H and O–H groups in total. The molecule has 0 saturated carbocycles. The molecular weight excluding hydrogens is 228 g/mol. The average Bonchev–Trinajstić information content (AvgIpc) is 2.27. The van der Waals surface area contributed by atoms with E-state index in [1.165, 1.54) is 5.57 Å². The molecule has 0 aromatic heterocycles. The summed E-state index contributed by atoms with van der Waals surface area (Å²) in [6.45, 7) is 14.7. The third kappa shape index (κ3) is 5.96. The van der Waals surface area contributed by atoms with Crippen molar-refractivity contribution in [1.82, 2.24) is 10.2 Å². The molecule has 0 spiro atoms. The van der Waals surface area contributed by atoms with Crippen LogP contribution in [0.5, 0.6) is 0 Å². The van der Waals surface area contributed by atoms with Crippen molar-refractivity contribution in [2.75, 3.05) is 59.2 Å². The minimum atomic E-state index is 0.795. The van der Waals surface area contributed by atoms with Gasteiger partial charge in [-0.05, 0) is 26.3 Å². The lowest BCUT2D eigenvalue weighted by molar-refractivity contribution is 0.0866. The molecule has 0 aromatic carbocycles. The Morgan fingerprint density at radius 1 is 1.11 bits per heavy atom. The monoisotopic (exact) mass is 256 g/mol. The lowest BCUT2D eigenvalue weighted by Gasteiger charge is -2.27. The predicted molar refractivity (Wildman–Crippen MR) is 75.0 cm³/mol. The van der Waals surface area contributed by atoms with Gasteiger partial charge in [0.05, 0.1) is 13.2 Å². The Hall–Kier alpha value is -0.420. The maximum Gasteiger partial charge on any atom is 0.0593 e. The van der Waals surface area contributed by atoms with Gasteiger partial charge in [0.1, 0.15) is 0 Å². The second-order valence-electron chi connectivity index (χ2n) is 4.66. The van der Waals surface area contributed by atoms with E-state index < -0.39 is 0 Å². The first-order chi connectivity index (χ1) is 8.77. The van der Waals surface area contributed by atoms with Gasteiger partial charge in [0.25, 0.3) is 0 Å². The Morgan fingerprint density at radius 2 is 1.67 bits per heavy atom. The van der Waals surface area contributed by atoms with Crippen LogP contribution < -0.4 is 5.32 Å². The molecular formula is C14H28N2O2. The van der Waals surface area contributed by atoms with Gasteiger partial charge in [0.15, 0.2) is 0 Å². The van der Waals surface area contributed by atoms with E-state index in [1.807, 2.05) is 13.8 Å². The fourth-order valence-corrected chi connectivity index (χ4v) is 1.94. The fourth-order valence-electron chi connectivity index (χ4n) is 1.94. The van der Waals surface area contributed by atoms with E-state index in [0.29, 0.717) is 0 Å². The van der Waals surface area contributed by atoms with Gasteiger partial charge >= 0.3 is 0 Å². The number of hydrogen-bond donors (Lipinski definition) is 1. The predicted octanol–water partition coefficient (Wildman–Crippen LogP) is 1.28. The van der Waals surface area contributed by atoms with Crippen LogP contribution in [0.25, 0.3) is 0 Å². The summed E-state index contributed by atoms with van der Waals surface area (Å²) < 4.78 is 10.9. The molecule has 4 heteroatoms. The maximum atomic E-state index is 5.44. The smallest absolute Gasteiger partial charge is 0.0593 e. The molecule has 0 radical (unpaired) electrons. The van der Waals surface area contributed by atoms with Gasteiger partial charge < -0.3 is 14.8 Å². The summed E-state index contributed by atoms with van der Waals surface area (Å²) in [6, 6.07) is 0. The van der Waals surface area contributed by atoms with Gasteiger partial charge in [0.2, 0.25) is 0 Å². The Balaban J connectivity index is 2.32. The quantitative estimate of drug-likeness (QED) is 0.471. The molecule has 1 aliphatic heterocycles. The van der Waals surface area contributed by atoms with E-state index in [-0.39, 0.29) is 0 Å². The van der Waals surface area contributed by atoms with Crippen molar-refractivity contribution >= 4 is 0 Å². The summed E-state index contributed by atoms with van der Waals surface area (Å²) in [5, 5.41) is 3.29. The number of ether oxygens (including phenoxy) is 2. The number of nitrogens with one attached hydrogen (secondary N) is 1. The van der Waals surface area contributed by atoms with Crippen LogP contribution in [-0.2, 0) is 9.47 Å². The van der Waals surface area contributed by atoms with Crippen LogP contribution in [0.4, 0.5) is 0 Å². The highest BCUT2D eigenvalue weighted by Gasteiger charge is 2.13. The summed E-state index contributed by atoms with van der Waals surface area (Å²) in [7, 11) is 0. The highest BCUT2D eigenvalue weighted by Crippen LogP contribution is 2.10. The van der Waals surface area contributed by atoms with E-state index >= 15 is 0 Å². The summed E-state index contributed by atoms with van der Waals surface area (Å²) in [5.74, 6) is 0. The third-order valence-corrected chi connectivity index (χ3v) is 3.25. The summed E-state index contributed by atoms with van der Waals surface area (Å²) >= 11 is 0. The van der Waals surface area contributed by atoms with Gasteiger partial charge in [-0.2, -0.15) is 0 Å². The van der Waals surface area contributed by atoms with Gasteiger partial charge in [-0.3, -0.25) is 4.90 Å². The van der Waals surface area contributed by atoms with E-state index in [4.69, 9.17) is 9.47 Å². The summed E-state index contributed by atoms with van der Waals surface area (Å²) in [5.41, 5.74) is 3.06. The van der Waals surface area contributed by atoms with Crippen molar-refractivity contribution in [2.24, 2.45) is 0 Å². The first-order valence-electron chi connectivity index (χ1n) is 7.04. The van der Waals surface area contributed by atoms with Crippen molar-refractivity contribution < 1.29 is 9.47 Å². The number of nitrogens with zero attached hydrogens (tertiary/aromatic N) is 1. The Morgan fingerprint density at radius 3 is 2.06 bits per heavy atom. The molecule has 0 aromatic rings. The second-order valence-corrected chi connectivity index (χ2v) is 4.66. The molecule has 4 nitrogen and oxygen atoms in total. The SMILES string of the molecule is CCOCCN(CCOCC)CC(C)=C1CNC1. The standard InChI is InChI=1S/C14H28N2O2/c1-4-17-8-6-16(7-9-18-5-2)12-13(3)14-10-15-11-14/h15H,4-12H2,1-3H3. The molecule has 1 fully saturated rings. The first-order valence-corrected chi connectivity index (χ1v) is 7.04. The van der Waals surface area contributed by atoms with E-state index in [2.05, 4.69) is 17.1 Å². The normalized spacial score (nSPS) is 15.0. The Labute approximate surface area is 111 Å². The molecule has 0 unspecified atom stereocenters. The lowest BCUT2D eigenvalue weighted by atomic mass is 10.0. The summed E-state index contributed by atoms with van der Waals surface area (Å²) in [4.78, 5) is 2.42. The summed E-state index contributed by atoms with van der Waals surface area (Å²) in [6.07, 6.45) is 0. The zero-order chi connectivity index (χ0) is 13.2. The molecule has 1 aliphatic rings. The molecule has 1 saturated heterocycles. The van der Waals surface area contributed by atoms with Crippen LogP contribution in [0.3, 0.4) is 0 Å². The highest BCUT2D eigenvalue weighted by molar-refractivity contribution is 5.22. The van der Waals surface area contributed by atoms with Gasteiger partial charge in [-0.25, -0.2) is 0 Å². The largest absolute Gasteiger partial charge is 0.380 e. The average molecular weight is 256 g/mol. The van der Waals surface area contributed by atoms with Crippen LogP contribution in [0.15, 0.2) is 11.1 Å². The zero-order valence-corrected chi connectivity index (χ0v) is 12.1. The van der Waals surface area contributed by atoms with Crippen molar-refractivity contribution in [3.05, 3.63) is 11.1 Å². The first kappa shape index (κ1) is 15.6. The number of hydrogen-bond acceptors (Lipinski definition) is 4. The molecule has 0 atom stereocenters. The molecule has 0 bridgehead atoms. The highest BCUT2D eigenvalue weighted by atomic mass is 16.5. The Kier molecular flexibility index (Phi) is 8.25. The van der Waals surface area contributed by atoms with Crippen molar-refractivity contribution in [3.8, 4) is 0 Å². The van der Waals surface area contributed by atoms with Crippen LogP contribution in [-0.4, -0.2) is 64.1 Å². The van der Waals surface area contributed by atoms with Crippen LogP contribution in [0.2, 0.25) is 0 Å². The lowest BCUT2D eigenvalue weighted by Crippen LogP contribution is -2.38. The van der Waals surface area contributed by atoms with Crippen molar-refractivity contribution in [2.45, 2.75) is 20.8 Å². The van der Waals surface area contributed by atoms with E-state index in [9.17, 15) is 0 Å². The van der Waals surface area contributed by atoms with E-state index in [1.54, 1.807) is 5.57 Å². The van der Waals surface area contributed by atoms with Gasteiger partial charge in [0, 0.05) is 45.9 Å². The van der Waals surface area contributed by atoms with Crippen LogP contribution >= 0.6 is 0 Å². The molecule has 106 valence electrons. The van der Waals surface area contributed by atoms with Crippen molar-refractivity contribution in [3.63, 3.8) is 0 Å². The van der Waals surface area contributed by atoms with Gasteiger partial charge in [-0.15, -0.1) is 0 Å². The van der Waals surface area contributed by atoms with Crippen LogP contribution in [0, 0.1) is 0 Å². The molecule has 18 heavy (non-hydrogen) atoms. The minimum Gasteiger partial charge on any atom is -0.380 e. The zero-order valence-electron chi connectivity index (χ0n) is 12.1. The molecule has 1 rings (SSSR count). The van der Waals surface area contributed by atoms with E-state index in [0.717, 1.165) is 59.2 Å². The maximum absolute atomic E-state index is 5.44. The molecule has 0 aliphatic carbocycles. The third-order valence-electron chi connectivity index (χ3n) is 3.25. The van der Waals surface area contributed by atoms with Crippen molar-refractivity contribution in [1.29, 1.82) is 0 Å². The Bertz CT molecular complexity index is 238.